The summed E-state index contributed by atoms with van der Waals surface area (Å²) < 4.78 is 1.73. The summed E-state index contributed by atoms with van der Waals surface area (Å²) >= 11 is 0. The number of aromatic nitrogens is 2. The van der Waals surface area contributed by atoms with Crippen LogP contribution in [0.4, 0.5) is 0 Å². The summed E-state index contributed by atoms with van der Waals surface area (Å²) in [7, 11) is 0. The van der Waals surface area contributed by atoms with Gasteiger partial charge in [0.25, 0.3) is 5.91 Å². The fourth-order valence-corrected chi connectivity index (χ4v) is 1.49. The predicted molar refractivity (Wildman–Crippen MR) is 71.5 cm³/mol. The van der Waals surface area contributed by atoms with Crippen molar-refractivity contribution in [3.8, 4) is 0 Å². The van der Waals surface area contributed by atoms with E-state index in [9.17, 15) is 9.59 Å². The molecular formula is C12H21N5O2. The van der Waals surface area contributed by atoms with E-state index in [0.717, 1.165) is 0 Å². The van der Waals surface area contributed by atoms with Crippen molar-refractivity contribution < 1.29 is 9.59 Å². The van der Waals surface area contributed by atoms with Gasteiger partial charge in [0.15, 0.2) is 0 Å². The summed E-state index contributed by atoms with van der Waals surface area (Å²) in [6.45, 7) is 6.43. The van der Waals surface area contributed by atoms with Gasteiger partial charge in [-0.15, -0.1) is 0 Å². The molecule has 1 aromatic heterocycles. The highest BCUT2D eigenvalue weighted by molar-refractivity contribution is 5.95. The van der Waals surface area contributed by atoms with Gasteiger partial charge in [0.1, 0.15) is 11.7 Å². The third-order valence-corrected chi connectivity index (χ3v) is 2.42. The number of carbonyl (C=O) groups excluding carboxylic acids is 2. The van der Waals surface area contributed by atoms with E-state index in [0.29, 0.717) is 13.1 Å². The maximum atomic E-state index is 11.9. The molecule has 106 valence electrons. The Balaban J connectivity index is 2.55. The summed E-state index contributed by atoms with van der Waals surface area (Å²) in [5.74, 6) is -0.591. The molecule has 0 radical (unpaired) electrons. The van der Waals surface area contributed by atoms with Gasteiger partial charge in [-0.3, -0.25) is 9.59 Å². The molecule has 0 aliphatic heterocycles. The molecule has 19 heavy (non-hydrogen) atoms. The molecule has 0 aliphatic rings. The fourth-order valence-electron chi connectivity index (χ4n) is 1.49. The number of hydrogen-bond acceptors (Lipinski definition) is 4. The SMILES string of the molecule is CC(C)NC(=O)C(C)NC(=O)c1cn(CCN)cn1. The van der Waals surface area contributed by atoms with E-state index in [1.807, 2.05) is 13.8 Å². The molecule has 4 N–H and O–H groups in total. The number of carbonyl (C=O) groups is 2. The third kappa shape index (κ3) is 4.70. The number of rotatable bonds is 6. The second-order valence-electron chi connectivity index (χ2n) is 4.64. The number of imidazole rings is 1. The Bertz CT molecular complexity index is 441. The van der Waals surface area contributed by atoms with Crippen LogP contribution in [0.25, 0.3) is 0 Å². The Hall–Kier alpha value is -1.89. The Morgan fingerprint density at radius 1 is 1.37 bits per heavy atom. The summed E-state index contributed by atoms with van der Waals surface area (Å²) in [5.41, 5.74) is 5.69. The van der Waals surface area contributed by atoms with Crippen LogP contribution in [-0.2, 0) is 11.3 Å². The van der Waals surface area contributed by atoms with Crippen molar-refractivity contribution in [1.82, 2.24) is 20.2 Å². The van der Waals surface area contributed by atoms with Gasteiger partial charge >= 0.3 is 0 Å². The van der Waals surface area contributed by atoms with E-state index in [1.165, 1.54) is 0 Å². The second kappa shape index (κ2) is 6.89. The van der Waals surface area contributed by atoms with E-state index in [1.54, 1.807) is 24.0 Å². The summed E-state index contributed by atoms with van der Waals surface area (Å²) in [6, 6.07) is -0.565. The maximum Gasteiger partial charge on any atom is 0.272 e. The van der Waals surface area contributed by atoms with Gasteiger partial charge in [-0.2, -0.15) is 0 Å². The molecule has 7 heteroatoms. The molecule has 7 nitrogen and oxygen atoms in total. The number of hydrogen-bond donors (Lipinski definition) is 3. The van der Waals surface area contributed by atoms with Crippen molar-refractivity contribution >= 4 is 11.8 Å². The first-order chi connectivity index (χ1) is 8.93. The van der Waals surface area contributed by atoms with Crippen molar-refractivity contribution in [3.63, 3.8) is 0 Å². The molecule has 1 atom stereocenters. The zero-order chi connectivity index (χ0) is 14.4. The van der Waals surface area contributed by atoms with Gasteiger partial charge in [0.05, 0.1) is 6.33 Å². The molecule has 1 unspecified atom stereocenters. The highest BCUT2D eigenvalue weighted by Crippen LogP contribution is 1.97. The quantitative estimate of drug-likeness (QED) is 0.645. The Labute approximate surface area is 112 Å². The molecule has 2 amide bonds. The maximum absolute atomic E-state index is 11.9. The van der Waals surface area contributed by atoms with Crippen molar-refractivity contribution in [1.29, 1.82) is 0 Å². The first kappa shape index (κ1) is 15.2. The molecule has 0 saturated carbocycles. The zero-order valence-corrected chi connectivity index (χ0v) is 11.5. The normalized spacial score (nSPS) is 12.3. The van der Waals surface area contributed by atoms with E-state index < -0.39 is 6.04 Å². The zero-order valence-electron chi connectivity index (χ0n) is 11.5. The molecule has 0 fully saturated rings. The first-order valence-corrected chi connectivity index (χ1v) is 6.27. The highest BCUT2D eigenvalue weighted by atomic mass is 16.2. The standard InChI is InChI=1S/C12H21N5O2/c1-8(2)15-11(18)9(3)16-12(19)10-6-17(5-4-13)7-14-10/h6-9H,4-5,13H2,1-3H3,(H,15,18)(H,16,19). The Kier molecular flexibility index (Phi) is 5.50. The summed E-state index contributed by atoms with van der Waals surface area (Å²) in [6.07, 6.45) is 3.15. The molecule has 0 spiro atoms. The number of nitrogens with two attached hydrogens (primary N) is 1. The van der Waals surface area contributed by atoms with Gasteiger partial charge in [0.2, 0.25) is 5.91 Å². The smallest absolute Gasteiger partial charge is 0.272 e. The lowest BCUT2D eigenvalue weighted by Gasteiger charge is -2.15. The van der Waals surface area contributed by atoms with Crippen molar-refractivity contribution in [2.45, 2.75) is 39.4 Å². The largest absolute Gasteiger partial charge is 0.352 e. The Morgan fingerprint density at radius 3 is 2.63 bits per heavy atom. The van der Waals surface area contributed by atoms with Crippen LogP contribution in [0.5, 0.6) is 0 Å². The summed E-state index contributed by atoms with van der Waals surface area (Å²) in [5, 5.41) is 5.33. The monoisotopic (exact) mass is 267 g/mol. The van der Waals surface area contributed by atoms with Crippen LogP contribution in [0.2, 0.25) is 0 Å². The van der Waals surface area contributed by atoms with Crippen molar-refractivity contribution in [2.75, 3.05) is 6.54 Å². The molecule has 0 bridgehead atoms. The fraction of sp³-hybridized carbons (Fsp3) is 0.583. The van der Waals surface area contributed by atoms with Crippen LogP contribution in [0, 0.1) is 0 Å². The topological polar surface area (TPSA) is 102 Å². The van der Waals surface area contributed by atoms with Gasteiger partial charge in [0, 0.05) is 25.3 Å². The van der Waals surface area contributed by atoms with Gasteiger partial charge in [-0.25, -0.2) is 4.98 Å². The van der Waals surface area contributed by atoms with Crippen LogP contribution in [0.15, 0.2) is 12.5 Å². The van der Waals surface area contributed by atoms with Crippen LogP contribution in [0.3, 0.4) is 0 Å². The van der Waals surface area contributed by atoms with Gasteiger partial charge < -0.3 is 20.9 Å². The molecule has 1 rings (SSSR count). The first-order valence-electron chi connectivity index (χ1n) is 6.27. The lowest BCUT2D eigenvalue weighted by atomic mass is 10.2. The summed E-state index contributed by atoms with van der Waals surface area (Å²) in [4.78, 5) is 27.5. The van der Waals surface area contributed by atoms with Crippen LogP contribution >= 0.6 is 0 Å². The Morgan fingerprint density at radius 2 is 2.05 bits per heavy atom. The van der Waals surface area contributed by atoms with Crippen molar-refractivity contribution in [3.05, 3.63) is 18.2 Å². The van der Waals surface area contributed by atoms with Crippen LogP contribution in [-0.4, -0.2) is 40.0 Å². The van der Waals surface area contributed by atoms with Crippen LogP contribution < -0.4 is 16.4 Å². The predicted octanol–water partition coefficient (Wildman–Crippen LogP) is -0.515. The second-order valence-corrected chi connectivity index (χ2v) is 4.64. The van der Waals surface area contributed by atoms with E-state index in [-0.39, 0.29) is 23.6 Å². The molecule has 0 aromatic carbocycles. The lowest BCUT2D eigenvalue weighted by molar-refractivity contribution is -0.123. The average molecular weight is 267 g/mol. The van der Waals surface area contributed by atoms with Gasteiger partial charge in [-0.05, 0) is 20.8 Å². The van der Waals surface area contributed by atoms with E-state index >= 15 is 0 Å². The molecular weight excluding hydrogens is 246 g/mol. The average Bonchev–Trinajstić information content (AvgIpc) is 2.77. The van der Waals surface area contributed by atoms with Gasteiger partial charge in [-0.1, -0.05) is 0 Å². The minimum Gasteiger partial charge on any atom is -0.352 e. The number of nitrogens with zero attached hydrogens (tertiary/aromatic N) is 2. The lowest BCUT2D eigenvalue weighted by Crippen LogP contribution is -2.46. The minimum absolute atomic E-state index is 0.0376. The number of nitrogens with one attached hydrogen (secondary N) is 2. The molecule has 1 heterocycles. The van der Waals surface area contributed by atoms with Crippen LogP contribution in [0.1, 0.15) is 31.3 Å². The minimum atomic E-state index is -0.602. The molecule has 0 saturated heterocycles. The molecule has 1 aromatic rings. The number of amides is 2. The third-order valence-electron chi connectivity index (χ3n) is 2.42. The van der Waals surface area contributed by atoms with Crippen molar-refractivity contribution in [2.24, 2.45) is 5.73 Å². The highest BCUT2D eigenvalue weighted by Gasteiger charge is 2.18. The van der Waals surface area contributed by atoms with E-state index in [4.69, 9.17) is 5.73 Å². The molecule has 0 aliphatic carbocycles. The van der Waals surface area contributed by atoms with E-state index in [2.05, 4.69) is 15.6 Å².